The molecule has 0 amide bonds. The molecule has 4 unspecified atom stereocenters. The lowest BCUT2D eigenvalue weighted by Crippen LogP contribution is -2.33. The second kappa shape index (κ2) is 3.21. The highest BCUT2D eigenvalue weighted by atomic mass is 16.6. The van der Waals surface area contributed by atoms with E-state index in [-0.39, 0.29) is 22.7 Å². The van der Waals surface area contributed by atoms with Gasteiger partial charge in [-0.05, 0) is 36.0 Å². The Hall–Kier alpha value is -1.35. The SMILES string of the molecule is CC1[C@@H](C)CC2(C)C(c3ccc(=O)oc3)=CC3OC312. The quantitative estimate of drug-likeness (QED) is 0.727. The van der Waals surface area contributed by atoms with Gasteiger partial charge in [-0.25, -0.2) is 4.79 Å². The van der Waals surface area contributed by atoms with Gasteiger partial charge in [0.2, 0.25) is 0 Å². The molecule has 3 nitrogen and oxygen atoms in total. The Balaban J connectivity index is 1.82. The molecule has 2 heterocycles. The molecule has 1 aromatic rings. The summed E-state index contributed by atoms with van der Waals surface area (Å²) in [4.78, 5) is 11.1. The van der Waals surface area contributed by atoms with Gasteiger partial charge >= 0.3 is 5.63 Å². The van der Waals surface area contributed by atoms with Crippen LogP contribution in [0.3, 0.4) is 0 Å². The molecule has 2 fully saturated rings. The molecule has 5 atom stereocenters. The molecule has 1 saturated heterocycles. The molecule has 0 N–H and O–H groups in total. The molecule has 4 rings (SSSR count). The second-order valence-corrected chi connectivity index (χ2v) is 6.56. The van der Waals surface area contributed by atoms with Crippen LogP contribution in [0.1, 0.15) is 32.8 Å². The molecule has 19 heavy (non-hydrogen) atoms. The van der Waals surface area contributed by atoms with Crippen LogP contribution in [0.5, 0.6) is 0 Å². The van der Waals surface area contributed by atoms with Gasteiger partial charge in [-0.15, -0.1) is 0 Å². The number of hydrogen-bond acceptors (Lipinski definition) is 3. The van der Waals surface area contributed by atoms with Crippen molar-refractivity contribution in [3.05, 3.63) is 40.5 Å². The summed E-state index contributed by atoms with van der Waals surface area (Å²) in [5.41, 5.74) is 2.08. The lowest BCUT2D eigenvalue weighted by atomic mass is 9.73. The Labute approximate surface area is 112 Å². The summed E-state index contributed by atoms with van der Waals surface area (Å²) in [7, 11) is 0. The first-order valence-corrected chi connectivity index (χ1v) is 6.98. The molecule has 0 radical (unpaired) electrons. The molecule has 100 valence electrons. The van der Waals surface area contributed by atoms with Crippen LogP contribution in [0.2, 0.25) is 0 Å². The number of epoxide rings is 1. The predicted molar refractivity (Wildman–Crippen MR) is 71.6 cm³/mol. The number of ether oxygens (including phenoxy) is 1. The van der Waals surface area contributed by atoms with Crippen LogP contribution >= 0.6 is 0 Å². The lowest BCUT2D eigenvalue weighted by molar-refractivity contribution is 0.166. The molecular formula is C16H18O3. The van der Waals surface area contributed by atoms with Crippen LogP contribution in [-0.4, -0.2) is 11.7 Å². The van der Waals surface area contributed by atoms with Gasteiger partial charge in [-0.3, -0.25) is 0 Å². The second-order valence-electron chi connectivity index (χ2n) is 6.56. The van der Waals surface area contributed by atoms with Crippen molar-refractivity contribution in [1.29, 1.82) is 0 Å². The van der Waals surface area contributed by atoms with E-state index in [2.05, 4.69) is 26.8 Å². The normalized spacial score (nSPS) is 46.7. The molecule has 1 spiro atoms. The van der Waals surface area contributed by atoms with Gasteiger partial charge in [0.15, 0.2) is 0 Å². The van der Waals surface area contributed by atoms with Gasteiger partial charge in [0.05, 0.1) is 0 Å². The molecule has 2 aliphatic carbocycles. The van der Waals surface area contributed by atoms with Gasteiger partial charge < -0.3 is 9.15 Å². The fourth-order valence-corrected chi connectivity index (χ4v) is 4.63. The van der Waals surface area contributed by atoms with Crippen molar-refractivity contribution < 1.29 is 9.15 Å². The molecule has 3 heteroatoms. The summed E-state index contributed by atoms with van der Waals surface area (Å²) in [6, 6.07) is 3.37. The van der Waals surface area contributed by atoms with Crippen LogP contribution in [0.4, 0.5) is 0 Å². The third kappa shape index (κ3) is 1.15. The largest absolute Gasteiger partial charge is 0.431 e. The van der Waals surface area contributed by atoms with Crippen molar-refractivity contribution in [2.75, 3.05) is 0 Å². The average Bonchev–Trinajstić information content (AvgIpc) is 3.01. The summed E-state index contributed by atoms with van der Waals surface area (Å²) in [5, 5.41) is 0. The first-order chi connectivity index (χ1) is 8.99. The summed E-state index contributed by atoms with van der Waals surface area (Å²) >= 11 is 0. The Morgan fingerprint density at radius 3 is 2.79 bits per heavy atom. The van der Waals surface area contributed by atoms with E-state index in [4.69, 9.17) is 9.15 Å². The first kappa shape index (κ1) is 11.5. The molecule has 0 bridgehead atoms. The van der Waals surface area contributed by atoms with E-state index in [1.54, 1.807) is 6.26 Å². The van der Waals surface area contributed by atoms with Crippen molar-refractivity contribution in [1.82, 2.24) is 0 Å². The Morgan fingerprint density at radius 1 is 1.32 bits per heavy atom. The predicted octanol–water partition coefficient (Wildman–Crippen LogP) is 2.86. The lowest BCUT2D eigenvalue weighted by Gasteiger charge is -2.30. The van der Waals surface area contributed by atoms with Gasteiger partial charge in [0.1, 0.15) is 18.0 Å². The van der Waals surface area contributed by atoms with Crippen molar-refractivity contribution in [2.45, 2.75) is 38.9 Å². The molecule has 0 aromatic carbocycles. The van der Waals surface area contributed by atoms with Crippen LogP contribution < -0.4 is 5.63 Å². The maximum Gasteiger partial charge on any atom is 0.335 e. The van der Waals surface area contributed by atoms with Crippen LogP contribution in [0, 0.1) is 17.3 Å². The van der Waals surface area contributed by atoms with Gasteiger partial charge in [-0.1, -0.05) is 20.8 Å². The maximum absolute atomic E-state index is 11.1. The Bertz CT molecular complexity index is 623. The zero-order valence-electron chi connectivity index (χ0n) is 11.5. The molecule has 3 aliphatic rings. The topological polar surface area (TPSA) is 42.7 Å². The third-order valence-corrected chi connectivity index (χ3v) is 5.73. The molecule has 1 aliphatic heterocycles. The van der Waals surface area contributed by atoms with E-state index >= 15 is 0 Å². The standard InChI is InChI=1S/C16H18O3/c1-9-7-15(3)12(11-4-5-14(17)18-8-11)6-13-16(15,19-13)10(9)2/h4-6,8-10,13H,7H2,1-3H3/t9-,10?,13?,15?,16?/m0/s1. The minimum Gasteiger partial charge on any atom is -0.431 e. The maximum atomic E-state index is 11.1. The van der Waals surface area contributed by atoms with E-state index in [0.29, 0.717) is 11.8 Å². The minimum atomic E-state index is -0.295. The summed E-state index contributed by atoms with van der Waals surface area (Å²) in [5.74, 6) is 1.24. The van der Waals surface area contributed by atoms with Crippen LogP contribution in [-0.2, 0) is 4.74 Å². The summed E-state index contributed by atoms with van der Waals surface area (Å²) in [6.45, 7) is 6.92. The van der Waals surface area contributed by atoms with Crippen molar-refractivity contribution in [3.63, 3.8) is 0 Å². The van der Waals surface area contributed by atoms with Gasteiger partial charge in [0.25, 0.3) is 0 Å². The van der Waals surface area contributed by atoms with Gasteiger partial charge in [-0.2, -0.15) is 0 Å². The van der Waals surface area contributed by atoms with E-state index < -0.39 is 0 Å². The van der Waals surface area contributed by atoms with Gasteiger partial charge in [0, 0.05) is 17.0 Å². The molecule has 1 aromatic heterocycles. The smallest absolute Gasteiger partial charge is 0.335 e. The molecular weight excluding hydrogens is 240 g/mol. The summed E-state index contributed by atoms with van der Waals surface area (Å²) in [6.07, 6.45) is 5.21. The highest BCUT2D eigenvalue weighted by molar-refractivity contribution is 5.77. The monoisotopic (exact) mass is 258 g/mol. The van der Waals surface area contributed by atoms with Crippen molar-refractivity contribution in [3.8, 4) is 0 Å². The Kier molecular flexibility index (Phi) is 1.94. The average molecular weight is 258 g/mol. The van der Waals surface area contributed by atoms with Crippen molar-refractivity contribution >= 4 is 5.57 Å². The van der Waals surface area contributed by atoms with E-state index in [9.17, 15) is 4.79 Å². The number of hydrogen-bond donors (Lipinski definition) is 0. The van der Waals surface area contributed by atoms with E-state index in [0.717, 1.165) is 12.0 Å². The first-order valence-electron chi connectivity index (χ1n) is 6.98. The highest BCUT2D eigenvalue weighted by Crippen LogP contribution is 2.73. The summed E-state index contributed by atoms with van der Waals surface area (Å²) < 4.78 is 11.1. The van der Waals surface area contributed by atoms with Crippen LogP contribution in [0.15, 0.2) is 33.7 Å². The zero-order valence-corrected chi connectivity index (χ0v) is 11.5. The minimum absolute atomic E-state index is 0.00210. The zero-order chi connectivity index (χ0) is 13.4. The van der Waals surface area contributed by atoms with E-state index in [1.807, 2.05) is 6.07 Å². The van der Waals surface area contributed by atoms with Crippen LogP contribution in [0.25, 0.3) is 5.57 Å². The van der Waals surface area contributed by atoms with Crippen molar-refractivity contribution in [2.24, 2.45) is 17.3 Å². The molecule has 1 saturated carbocycles. The number of rotatable bonds is 1. The Morgan fingerprint density at radius 2 is 2.11 bits per heavy atom. The highest BCUT2D eigenvalue weighted by Gasteiger charge is 2.77. The van der Waals surface area contributed by atoms with E-state index in [1.165, 1.54) is 11.6 Å². The third-order valence-electron chi connectivity index (χ3n) is 5.73. The fourth-order valence-electron chi connectivity index (χ4n) is 4.63. The fraction of sp³-hybridized carbons (Fsp3) is 0.562.